The van der Waals surface area contributed by atoms with Gasteiger partial charge in [-0.25, -0.2) is 0 Å². The number of amides is 2. The number of carbonyl (C=O) groups excluding carboxylic acids is 2. The Hall–Kier alpha value is -1.95. The van der Waals surface area contributed by atoms with Crippen LogP contribution in [0.5, 0.6) is 0 Å². The van der Waals surface area contributed by atoms with Crippen LogP contribution in [0.15, 0.2) is 47.2 Å². The van der Waals surface area contributed by atoms with Gasteiger partial charge in [-0.2, -0.15) is 5.10 Å². The Balaban J connectivity index is 1.97. The molecule has 2 rings (SSSR count). The molecule has 0 radical (unpaired) electrons. The summed E-state index contributed by atoms with van der Waals surface area (Å²) in [5.41, 5.74) is 0.453. The van der Waals surface area contributed by atoms with Crippen molar-refractivity contribution in [2.45, 2.75) is 32.2 Å². The van der Waals surface area contributed by atoms with Crippen molar-refractivity contribution in [1.82, 2.24) is 15.1 Å². The monoisotopic (exact) mass is 363 g/mol. The minimum absolute atomic E-state index is 0.0321. The second kappa shape index (κ2) is 7.89. The minimum Gasteiger partial charge on any atom is -0.292 e. The van der Waals surface area contributed by atoms with Crippen molar-refractivity contribution in [2.24, 2.45) is 0 Å². The summed E-state index contributed by atoms with van der Waals surface area (Å²) in [6.45, 7) is 2.06. The number of nitrogens with one attached hydrogen (secondary N) is 1. The number of benzene rings is 1. The molecule has 0 bridgehead atoms. The van der Waals surface area contributed by atoms with Gasteiger partial charge in [-0.3, -0.25) is 19.6 Å². The molecule has 116 valence electrons. The third-order valence-electron chi connectivity index (χ3n) is 3.28. The zero-order valence-corrected chi connectivity index (χ0v) is 13.9. The molecule has 0 saturated carbocycles. The Morgan fingerprint density at radius 3 is 2.82 bits per heavy atom. The molecule has 0 aliphatic heterocycles. The molecular weight excluding hydrogens is 346 g/mol. The average molecular weight is 364 g/mol. The minimum atomic E-state index is -0.387. The van der Waals surface area contributed by atoms with Gasteiger partial charge in [0.1, 0.15) is 0 Å². The molecule has 1 aromatic heterocycles. The first kappa shape index (κ1) is 16.4. The van der Waals surface area contributed by atoms with E-state index in [-0.39, 0.29) is 24.3 Å². The lowest BCUT2D eigenvalue weighted by Crippen LogP contribution is -2.32. The highest BCUT2D eigenvalue weighted by Crippen LogP contribution is 2.17. The number of hydrogen-bond donors (Lipinski definition) is 1. The van der Waals surface area contributed by atoms with Gasteiger partial charge < -0.3 is 0 Å². The summed E-state index contributed by atoms with van der Waals surface area (Å²) >= 11 is 3.31. The highest BCUT2D eigenvalue weighted by atomic mass is 79.9. The Bertz CT molecular complexity index is 641. The van der Waals surface area contributed by atoms with Gasteiger partial charge in [0.15, 0.2) is 0 Å². The van der Waals surface area contributed by atoms with Crippen molar-refractivity contribution in [2.75, 3.05) is 0 Å². The summed E-state index contributed by atoms with van der Waals surface area (Å²) < 4.78 is 2.57. The maximum absolute atomic E-state index is 12.1. The second-order valence-corrected chi connectivity index (χ2v) is 5.94. The number of halogens is 1. The lowest BCUT2D eigenvalue weighted by atomic mass is 10.1. The summed E-state index contributed by atoms with van der Waals surface area (Å²) in [5.74, 6) is -0.680. The molecule has 6 heteroatoms. The van der Waals surface area contributed by atoms with E-state index in [1.54, 1.807) is 29.1 Å². The van der Waals surface area contributed by atoms with E-state index >= 15 is 0 Å². The summed E-state index contributed by atoms with van der Waals surface area (Å²) in [6.07, 6.45) is 5.53. The van der Waals surface area contributed by atoms with Crippen molar-refractivity contribution < 1.29 is 9.59 Å². The van der Waals surface area contributed by atoms with E-state index in [1.807, 2.05) is 18.3 Å². The molecule has 0 saturated heterocycles. The van der Waals surface area contributed by atoms with Crippen molar-refractivity contribution in [3.05, 3.63) is 52.8 Å². The van der Waals surface area contributed by atoms with E-state index in [4.69, 9.17) is 0 Å². The summed E-state index contributed by atoms with van der Waals surface area (Å²) in [4.78, 5) is 24.2. The summed E-state index contributed by atoms with van der Waals surface area (Å²) in [5, 5.41) is 6.62. The summed E-state index contributed by atoms with van der Waals surface area (Å²) in [7, 11) is 0. The Morgan fingerprint density at radius 2 is 2.18 bits per heavy atom. The Labute approximate surface area is 137 Å². The molecule has 2 amide bonds. The molecule has 2 aromatic rings. The maximum atomic E-state index is 12.1. The third-order valence-corrected chi connectivity index (χ3v) is 3.77. The largest absolute Gasteiger partial charge is 0.292 e. The molecule has 1 atom stereocenters. The third kappa shape index (κ3) is 4.53. The van der Waals surface area contributed by atoms with Gasteiger partial charge in [0.2, 0.25) is 5.91 Å². The average Bonchev–Trinajstić information content (AvgIpc) is 3.01. The molecule has 0 aliphatic carbocycles. The van der Waals surface area contributed by atoms with Crippen LogP contribution in [0.2, 0.25) is 0 Å². The standard InChI is InChI=1S/C16H18BrN3O2/c1-2-5-14(20-9-4-8-18-20)11-15(21)19-16(22)12-6-3-7-13(17)10-12/h3-4,6-10,14H,2,5,11H2,1H3,(H,19,21,22). The number of rotatable bonds is 6. The molecular formula is C16H18BrN3O2. The lowest BCUT2D eigenvalue weighted by Gasteiger charge is -2.16. The topological polar surface area (TPSA) is 64.0 Å². The summed E-state index contributed by atoms with van der Waals surface area (Å²) in [6, 6.07) is 8.73. The number of hydrogen-bond acceptors (Lipinski definition) is 3. The van der Waals surface area contributed by atoms with Gasteiger partial charge in [-0.15, -0.1) is 0 Å². The van der Waals surface area contributed by atoms with Crippen molar-refractivity contribution in [1.29, 1.82) is 0 Å². The fourth-order valence-electron chi connectivity index (χ4n) is 2.25. The SMILES string of the molecule is CCCC(CC(=O)NC(=O)c1cccc(Br)c1)n1cccn1. The fourth-order valence-corrected chi connectivity index (χ4v) is 2.65. The molecule has 5 nitrogen and oxygen atoms in total. The van der Waals surface area contributed by atoms with Crippen LogP contribution in [0.4, 0.5) is 0 Å². The molecule has 1 heterocycles. The molecule has 0 fully saturated rings. The molecule has 0 aliphatic rings. The smallest absolute Gasteiger partial charge is 0.257 e. The van der Waals surface area contributed by atoms with E-state index in [9.17, 15) is 9.59 Å². The lowest BCUT2D eigenvalue weighted by molar-refractivity contribution is -0.121. The number of carbonyl (C=O) groups is 2. The van der Waals surface area contributed by atoms with E-state index < -0.39 is 0 Å². The van der Waals surface area contributed by atoms with Gasteiger partial charge in [0, 0.05) is 28.9 Å². The first-order valence-corrected chi connectivity index (χ1v) is 7.98. The van der Waals surface area contributed by atoms with E-state index in [2.05, 4.69) is 33.3 Å². The molecule has 1 unspecified atom stereocenters. The fraction of sp³-hybridized carbons (Fsp3) is 0.312. The van der Waals surface area contributed by atoms with Crippen LogP contribution < -0.4 is 5.32 Å². The maximum Gasteiger partial charge on any atom is 0.257 e. The Kier molecular flexibility index (Phi) is 5.89. The van der Waals surface area contributed by atoms with E-state index in [0.29, 0.717) is 5.56 Å². The van der Waals surface area contributed by atoms with Crippen LogP contribution in [0.1, 0.15) is 42.6 Å². The predicted molar refractivity (Wildman–Crippen MR) is 87.4 cm³/mol. The highest BCUT2D eigenvalue weighted by Gasteiger charge is 2.17. The van der Waals surface area contributed by atoms with E-state index in [0.717, 1.165) is 17.3 Å². The quantitative estimate of drug-likeness (QED) is 0.855. The van der Waals surface area contributed by atoms with Crippen LogP contribution >= 0.6 is 15.9 Å². The predicted octanol–water partition coefficient (Wildman–Crippen LogP) is 3.33. The van der Waals surface area contributed by atoms with Crippen molar-refractivity contribution in [3.63, 3.8) is 0 Å². The first-order valence-electron chi connectivity index (χ1n) is 7.19. The van der Waals surface area contributed by atoms with Crippen LogP contribution in [-0.4, -0.2) is 21.6 Å². The van der Waals surface area contributed by atoms with Gasteiger partial charge in [0.25, 0.3) is 5.91 Å². The Morgan fingerprint density at radius 1 is 1.36 bits per heavy atom. The zero-order valence-electron chi connectivity index (χ0n) is 12.3. The molecule has 1 aromatic carbocycles. The van der Waals surface area contributed by atoms with Crippen molar-refractivity contribution >= 4 is 27.7 Å². The molecule has 1 N–H and O–H groups in total. The number of nitrogens with zero attached hydrogens (tertiary/aromatic N) is 2. The number of aromatic nitrogens is 2. The van der Waals surface area contributed by atoms with Gasteiger partial charge >= 0.3 is 0 Å². The molecule has 0 spiro atoms. The van der Waals surface area contributed by atoms with Crippen LogP contribution in [0, 0.1) is 0 Å². The first-order chi connectivity index (χ1) is 10.6. The van der Waals surface area contributed by atoms with E-state index in [1.165, 1.54) is 0 Å². The van der Waals surface area contributed by atoms with Crippen LogP contribution in [-0.2, 0) is 4.79 Å². The van der Waals surface area contributed by atoms with Gasteiger partial charge in [-0.05, 0) is 30.7 Å². The number of imide groups is 1. The van der Waals surface area contributed by atoms with Gasteiger partial charge in [0.05, 0.1) is 6.04 Å². The van der Waals surface area contributed by atoms with Crippen LogP contribution in [0.25, 0.3) is 0 Å². The highest BCUT2D eigenvalue weighted by molar-refractivity contribution is 9.10. The van der Waals surface area contributed by atoms with Crippen LogP contribution in [0.3, 0.4) is 0 Å². The van der Waals surface area contributed by atoms with Crippen molar-refractivity contribution in [3.8, 4) is 0 Å². The zero-order chi connectivity index (χ0) is 15.9. The second-order valence-electron chi connectivity index (χ2n) is 5.02. The van der Waals surface area contributed by atoms with Gasteiger partial charge in [-0.1, -0.05) is 35.3 Å². The normalized spacial score (nSPS) is 11.9. The molecule has 22 heavy (non-hydrogen) atoms.